The SMILES string of the molecule is CC(C)CN(CC(=O)c1ccccc1F)C(C)C. The van der Waals surface area contributed by atoms with Gasteiger partial charge in [0, 0.05) is 12.6 Å². The van der Waals surface area contributed by atoms with Gasteiger partial charge in [-0.3, -0.25) is 9.69 Å². The standard InChI is InChI=1S/C15H22FNO/c1-11(2)9-17(12(3)4)10-15(18)13-7-5-6-8-14(13)16/h5-8,11-12H,9-10H2,1-4H3. The number of hydrogen-bond donors (Lipinski definition) is 0. The second-order valence-corrected chi connectivity index (χ2v) is 5.32. The van der Waals surface area contributed by atoms with Crippen LogP contribution in [0.25, 0.3) is 0 Å². The molecule has 1 aromatic carbocycles. The van der Waals surface area contributed by atoms with Gasteiger partial charge >= 0.3 is 0 Å². The molecule has 0 saturated heterocycles. The van der Waals surface area contributed by atoms with Crippen molar-refractivity contribution in [3.05, 3.63) is 35.6 Å². The molecule has 0 fully saturated rings. The minimum atomic E-state index is -0.434. The summed E-state index contributed by atoms with van der Waals surface area (Å²) in [6.07, 6.45) is 0. The summed E-state index contributed by atoms with van der Waals surface area (Å²) >= 11 is 0. The minimum absolute atomic E-state index is 0.151. The van der Waals surface area contributed by atoms with Crippen molar-refractivity contribution in [1.82, 2.24) is 4.90 Å². The minimum Gasteiger partial charge on any atom is -0.293 e. The Morgan fingerprint density at radius 3 is 2.33 bits per heavy atom. The molecule has 0 atom stereocenters. The molecule has 0 heterocycles. The second-order valence-electron chi connectivity index (χ2n) is 5.32. The molecule has 0 spiro atoms. The van der Waals surface area contributed by atoms with Gasteiger partial charge in [-0.15, -0.1) is 0 Å². The van der Waals surface area contributed by atoms with Crippen molar-refractivity contribution in [2.45, 2.75) is 33.7 Å². The van der Waals surface area contributed by atoms with Crippen molar-refractivity contribution < 1.29 is 9.18 Å². The summed E-state index contributed by atoms with van der Waals surface area (Å²) in [6, 6.07) is 6.45. The lowest BCUT2D eigenvalue weighted by atomic mass is 10.1. The Balaban J connectivity index is 2.76. The first-order valence-electron chi connectivity index (χ1n) is 6.43. The fraction of sp³-hybridized carbons (Fsp3) is 0.533. The van der Waals surface area contributed by atoms with Crippen LogP contribution >= 0.6 is 0 Å². The number of hydrogen-bond acceptors (Lipinski definition) is 2. The molecule has 18 heavy (non-hydrogen) atoms. The lowest BCUT2D eigenvalue weighted by Gasteiger charge is -2.27. The van der Waals surface area contributed by atoms with E-state index in [4.69, 9.17) is 0 Å². The predicted molar refractivity (Wildman–Crippen MR) is 72.3 cm³/mol. The van der Waals surface area contributed by atoms with Crippen LogP contribution in [0.1, 0.15) is 38.1 Å². The van der Waals surface area contributed by atoms with Gasteiger partial charge < -0.3 is 0 Å². The highest BCUT2D eigenvalue weighted by atomic mass is 19.1. The van der Waals surface area contributed by atoms with Gasteiger partial charge in [-0.25, -0.2) is 4.39 Å². The molecule has 0 aliphatic heterocycles. The maximum Gasteiger partial charge on any atom is 0.179 e. The van der Waals surface area contributed by atoms with Crippen LogP contribution in [0.3, 0.4) is 0 Å². The molecule has 0 bridgehead atoms. The maximum absolute atomic E-state index is 13.5. The molecular weight excluding hydrogens is 229 g/mol. The van der Waals surface area contributed by atoms with E-state index < -0.39 is 5.82 Å². The van der Waals surface area contributed by atoms with Crippen molar-refractivity contribution in [1.29, 1.82) is 0 Å². The molecule has 3 heteroatoms. The maximum atomic E-state index is 13.5. The van der Waals surface area contributed by atoms with Gasteiger partial charge in [0.15, 0.2) is 5.78 Å². The van der Waals surface area contributed by atoms with Gasteiger partial charge in [0.25, 0.3) is 0 Å². The van der Waals surface area contributed by atoms with Crippen molar-refractivity contribution in [2.24, 2.45) is 5.92 Å². The normalized spacial score (nSPS) is 11.6. The van der Waals surface area contributed by atoms with E-state index in [0.29, 0.717) is 5.92 Å². The molecule has 2 nitrogen and oxygen atoms in total. The van der Waals surface area contributed by atoms with Crippen LogP contribution in [0, 0.1) is 11.7 Å². The van der Waals surface area contributed by atoms with Gasteiger partial charge in [0.05, 0.1) is 12.1 Å². The monoisotopic (exact) mass is 251 g/mol. The molecule has 0 N–H and O–H groups in total. The molecule has 0 aliphatic rings. The van der Waals surface area contributed by atoms with E-state index in [1.54, 1.807) is 18.2 Å². The third-order valence-electron chi connectivity index (χ3n) is 2.85. The summed E-state index contributed by atoms with van der Waals surface area (Å²) in [7, 11) is 0. The Labute approximate surface area is 109 Å². The van der Waals surface area contributed by atoms with E-state index in [2.05, 4.69) is 32.6 Å². The molecule has 100 valence electrons. The fourth-order valence-corrected chi connectivity index (χ4v) is 1.88. The predicted octanol–water partition coefficient (Wildman–Crippen LogP) is 3.37. The Morgan fingerprint density at radius 1 is 1.22 bits per heavy atom. The Morgan fingerprint density at radius 2 is 1.83 bits per heavy atom. The average Bonchev–Trinajstić information content (AvgIpc) is 2.27. The molecular formula is C15H22FNO. The topological polar surface area (TPSA) is 20.3 Å². The van der Waals surface area contributed by atoms with Crippen molar-refractivity contribution >= 4 is 5.78 Å². The molecule has 0 amide bonds. The number of benzene rings is 1. The number of rotatable bonds is 6. The van der Waals surface area contributed by atoms with Crippen molar-refractivity contribution in [3.8, 4) is 0 Å². The third-order valence-corrected chi connectivity index (χ3v) is 2.85. The Bertz CT molecular complexity index is 401. The zero-order valence-electron chi connectivity index (χ0n) is 11.6. The van der Waals surface area contributed by atoms with Gasteiger partial charge in [-0.2, -0.15) is 0 Å². The van der Waals surface area contributed by atoms with Gasteiger partial charge in [0.1, 0.15) is 5.82 Å². The summed E-state index contributed by atoms with van der Waals surface area (Å²) in [5.74, 6) is -0.0981. The van der Waals surface area contributed by atoms with Crippen LogP contribution in [0.5, 0.6) is 0 Å². The first kappa shape index (κ1) is 14.8. The summed E-state index contributed by atoms with van der Waals surface area (Å²) in [5, 5.41) is 0. The molecule has 1 aromatic rings. The first-order chi connectivity index (χ1) is 8.41. The summed E-state index contributed by atoms with van der Waals surface area (Å²) in [5.41, 5.74) is 0.187. The van der Waals surface area contributed by atoms with E-state index in [9.17, 15) is 9.18 Å². The van der Waals surface area contributed by atoms with Gasteiger partial charge in [0.2, 0.25) is 0 Å². The highest BCUT2D eigenvalue weighted by Crippen LogP contribution is 2.10. The average molecular weight is 251 g/mol. The van der Waals surface area contributed by atoms with E-state index in [1.165, 1.54) is 6.07 Å². The number of carbonyl (C=O) groups excluding carboxylic acids is 1. The summed E-state index contributed by atoms with van der Waals surface area (Å²) in [6.45, 7) is 9.45. The largest absolute Gasteiger partial charge is 0.293 e. The highest BCUT2D eigenvalue weighted by molar-refractivity contribution is 5.97. The summed E-state index contributed by atoms with van der Waals surface area (Å²) in [4.78, 5) is 14.2. The quantitative estimate of drug-likeness (QED) is 0.722. The van der Waals surface area contributed by atoms with Crippen molar-refractivity contribution in [2.75, 3.05) is 13.1 Å². The van der Waals surface area contributed by atoms with Crippen LogP contribution in [0.15, 0.2) is 24.3 Å². The van der Waals surface area contributed by atoms with Crippen LogP contribution in [0.4, 0.5) is 4.39 Å². The lowest BCUT2D eigenvalue weighted by Crippen LogP contribution is -2.38. The Hall–Kier alpha value is -1.22. The molecule has 1 rings (SSSR count). The molecule has 0 aromatic heterocycles. The summed E-state index contributed by atoms with van der Waals surface area (Å²) < 4.78 is 13.5. The number of carbonyl (C=O) groups is 1. The number of nitrogens with zero attached hydrogens (tertiary/aromatic N) is 1. The second kappa shape index (κ2) is 6.64. The van der Waals surface area contributed by atoms with Gasteiger partial charge in [-0.05, 0) is 31.9 Å². The van der Waals surface area contributed by atoms with Crippen molar-refractivity contribution in [3.63, 3.8) is 0 Å². The van der Waals surface area contributed by atoms with E-state index >= 15 is 0 Å². The molecule has 0 saturated carbocycles. The molecule has 0 unspecified atom stereocenters. The zero-order valence-corrected chi connectivity index (χ0v) is 11.6. The van der Waals surface area contributed by atoms with E-state index in [-0.39, 0.29) is 23.9 Å². The first-order valence-corrected chi connectivity index (χ1v) is 6.43. The van der Waals surface area contributed by atoms with E-state index in [0.717, 1.165) is 6.54 Å². The van der Waals surface area contributed by atoms with E-state index in [1.807, 2.05) is 0 Å². The van der Waals surface area contributed by atoms with Gasteiger partial charge in [-0.1, -0.05) is 26.0 Å². The number of ketones is 1. The highest BCUT2D eigenvalue weighted by Gasteiger charge is 2.18. The zero-order chi connectivity index (χ0) is 13.7. The third kappa shape index (κ3) is 4.22. The number of Topliss-reactive ketones (excluding diaryl/α,β-unsaturated/α-hetero) is 1. The molecule has 0 aliphatic carbocycles. The number of halogens is 1. The lowest BCUT2D eigenvalue weighted by molar-refractivity contribution is 0.0889. The van der Waals surface area contributed by atoms with Crippen LogP contribution in [-0.4, -0.2) is 29.8 Å². The smallest absolute Gasteiger partial charge is 0.179 e. The fourth-order valence-electron chi connectivity index (χ4n) is 1.88. The Kier molecular flexibility index (Phi) is 5.48. The van der Waals surface area contributed by atoms with Crippen LogP contribution in [-0.2, 0) is 0 Å². The molecule has 0 radical (unpaired) electrons. The van der Waals surface area contributed by atoms with Crippen LogP contribution < -0.4 is 0 Å². The van der Waals surface area contributed by atoms with Crippen LogP contribution in [0.2, 0.25) is 0 Å².